The SMILES string of the molecule is CCCCCCCCCCCCCCCCCCC/C=C/CC/C=C/CCCC(O)C(O)C(COC1OC(CO)C(O)C(O)C1O)NC(=O)C(O)CCCCCCCCCCCCCCCCCCCCCCCCCCCCCCCCC. The summed E-state index contributed by atoms with van der Waals surface area (Å²) in [6, 6.07) is -1.19. The summed E-state index contributed by atoms with van der Waals surface area (Å²) in [6.45, 7) is 3.50. The maximum Gasteiger partial charge on any atom is 0.249 e. The molecule has 84 heavy (non-hydrogen) atoms. The van der Waals surface area contributed by atoms with Crippen molar-refractivity contribution in [3.05, 3.63) is 24.3 Å². The van der Waals surface area contributed by atoms with E-state index in [1.807, 2.05) is 0 Å². The van der Waals surface area contributed by atoms with Crippen LogP contribution in [-0.2, 0) is 14.3 Å². The van der Waals surface area contributed by atoms with E-state index in [2.05, 4.69) is 43.5 Å². The molecule has 498 valence electrons. The van der Waals surface area contributed by atoms with E-state index < -0.39 is 74.2 Å². The number of aliphatic hydroxyl groups excluding tert-OH is 7. The van der Waals surface area contributed by atoms with E-state index in [0.717, 1.165) is 38.5 Å². The fourth-order valence-corrected chi connectivity index (χ4v) is 12.1. The third-order valence-corrected chi connectivity index (χ3v) is 18.0. The molecule has 0 aromatic carbocycles. The van der Waals surface area contributed by atoms with Crippen LogP contribution in [0.1, 0.15) is 367 Å². The second-order valence-corrected chi connectivity index (χ2v) is 26.0. The minimum Gasteiger partial charge on any atom is -0.394 e. The maximum atomic E-state index is 13.3. The van der Waals surface area contributed by atoms with E-state index in [1.54, 1.807) is 0 Å². The summed E-state index contributed by atoms with van der Waals surface area (Å²) in [7, 11) is 0. The lowest BCUT2D eigenvalue weighted by Crippen LogP contribution is -2.60. The molecule has 0 aliphatic carbocycles. The number of ether oxygens (including phenoxy) is 2. The highest BCUT2D eigenvalue weighted by molar-refractivity contribution is 5.80. The number of nitrogens with one attached hydrogen (secondary N) is 1. The van der Waals surface area contributed by atoms with Gasteiger partial charge in [-0.25, -0.2) is 0 Å². The Morgan fingerprint density at radius 3 is 1.06 bits per heavy atom. The lowest BCUT2D eigenvalue weighted by Gasteiger charge is -2.40. The largest absolute Gasteiger partial charge is 0.394 e. The molecule has 1 aliphatic rings. The van der Waals surface area contributed by atoms with Gasteiger partial charge in [0, 0.05) is 0 Å². The predicted molar refractivity (Wildman–Crippen MR) is 353 cm³/mol. The number of hydrogen-bond donors (Lipinski definition) is 8. The number of carbonyl (C=O) groups excluding carboxylic acids is 1. The second kappa shape index (κ2) is 61.8. The number of aliphatic hydroxyl groups is 7. The molecule has 1 heterocycles. The van der Waals surface area contributed by atoms with E-state index in [4.69, 9.17) is 9.47 Å². The molecular formula is C73H141NO10. The van der Waals surface area contributed by atoms with Gasteiger partial charge in [-0.05, 0) is 51.4 Å². The van der Waals surface area contributed by atoms with E-state index in [0.29, 0.717) is 19.3 Å². The minimum atomic E-state index is -1.67. The standard InChI is InChI=1S/C73H141NO10/c1-3-5-7-9-11-13-15-17-19-21-23-25-27-29-31-32-33-34-35-37-39-41-43-45-47-49-51-53-55-57-59-61-66(77)72(82)74-64(63-83-73-71(81)70(80)69(79)67(62-75)84-73)68(78)65(76)60-58-56-54-52-50-48-46-44-42-40-38-36-30-28-26-24-22-20-18-16-14-12-10-8-6-4-2/h44,46,52,54,64-71,73,75-81H,3-43,45,47-51,53,55-63H2,1-2H3,(H,74,82)/b46-44+,54-52+. The summed E-state index contributed by atoms with van der Waals surface area (Å²) in [5, 5.41) is 76.5. The zero-order valence-electron chi connectivity index (χ0n) is 55.2. The van der Waals surface area contributed by atoms with Crippen molar-refractivity contribution in [1.82, 2.24) is 5.32 Å². The van der Waals surface area contributed by atoms with Crippen molar-refractivity contribution in [2.24, 2.45) is 0 Å². The number of unbranched alkanes of at least 4 members (excludes halogenated alkanes) is 49. The molecule has 1 fully saturated rings. The topological polar surface area (TPSA) is 189 Å². The highest BCUT2D eigenvalue weighted by atomic mass is 16.7. The highest BCUT2D eigenvalue weighted by Crippen LogP contribution is 2.24. The Labute approximate surface area is 518 Å². The highest BCUT2D eigenvalue weighted by Gasteiger charge is 2.44. The summed E-state index contributed by atoms with van der Waals surface area (Å²) in [6.07, 6.45) is 67.1. The van der Waals surface area contributed by atoms with Crippen molar-refractivity contribution >= 4 is 5.91 Å². The van der Waals surface area contributed by atoms with Gasteiger partial charge in [-0.2, -0.15) is 0 Å². The molecule has 0 radical (unpaired) electrons. The van der Waals surface area contributed by atoms with Crippen molar-refractivity contribution < 1.29 is 50.0 Å². The van der Waals surface area contributed by atoms with Gasteiger partial charge in [-0.3, -0.25) is 4.79 Å². The van der Waals surface area contributed by atoms with Crippen molar-refractivity contribution in [1.29, 1.82) is 0 Å². The summed E-state index contributed by atoms with van der Waals surface area (Å²) in [4.78, 5) is 13.3. The van der Waals surface area contributed by atoms with E-state index in [1.165, 1.54) is 283 Å². The Balaban J connectivity index is 2.19. The number of carbonyl (C=O) groups is 1. The first-order valence-electron chi connectivity index (χ1n) is 36.7. The molecule has 1 saturated heterocycles. The number of allylic oxidation sites excluding steroid dienone is 4. The summed E-state index contributed by atoms with van der Waals surface area (Å²) in [5.41, 5.74) is 0. The van der Waals surface area contributed by atoms with Gasteiger partial charge in [-0.1, -0.05) is 340 Å². The Bertz CT molecular complexity index is 1420. The smallest absolute Gasteiger partial charge is 0.249 e. The lowest BCUT2D eigenvalue weighted by molar-refractivity contribution is -0.303. The molecule has 0 saturated carbocycles. The predicted octanol–water partition coefficient (Wildman–Crippen LogP) is 18.0. The first-order valence-corrected chi connectivity index (χ1v) is 36.7. The van der Waals surface area contributed by atoms with Crippen LogP contribution in [0.15, 0.2) is 24.3 Å². The van der Waals surface area contributed by atoms with Crippen molar-refractivity contribution in [3.8, 4) is 0 Å². The molecule has 0 spiro atoms. The van der Waals surface area contributed by atoms with Gasteiger partial charge >= 0.3 is 0 Å². The van der Waals surface area contributed by atoms with E-state index in [-0.39, 0.29) is 12.8 Å². The van der Waals surface area contributed by atoms with Gasteiger partial charge in [0.25, 0.3) is 0 Å². The normalized spacial score (nSPS) is 19.0. The Morgan fingerprint density at radius 1 is 0.405 bits per heavy atom. The van der Waals surface area contributed by atoms with Gasteiger partial charge < -0.3 is 50.5 Å². The molecular weight excluding hydrogens is 1050 g/mol. The van der Waals surface area contributed by atoms with Crippen LogP contribution in [0.25, 0.3) is 0 Å². The van der Waals surface area contributed by atoms with Crippen LogP contribution >= 0.6 is 0 Å². The van der Waals surface area contributed by atoms with Crippen LogP contribution in [0.2, 0.25) is 0 Å². The average Bonchev–Trinajstić information content (AvgIpc) is 3.65. The Hall–Kier alpha value is -1.41. The van der Waals surface area contributed by atoms with E-state index in [9.17, 15) is 40.5 Å². The van der Waals surface area contributed by atoms with Crippen molar-refractivity contribution in [3.63, 3.8) is 0 Å². The van der Waals surface area contributed by atoms with Crippen LogP contribution in [0, 0.1) is 0 Å². The first-order chi connectivity index (χ1) is 41.2. The molecule has 1 rings (SSSR count). The van der Waals surface area contributed by atoms with Gasteiger partial charge in [-0.15, -0.1) is 0 Å². The average molecular weight is 1190 g/mol. The quantitative estimate of drug-likeness (QED) is 0.0215. The molecule has 11 nitrogen and oxygen atoms in total. The third-order valence-electron chi connectivity index (χ3n) is 18.0. The maximum absolute atomic E-state index is 13.3. The molecule has 1 aliphatic heterocycles. The van der Waals surface area contributed by atoms with Gasteiger partial charge in [0.1, 0.15) is 36.6 Å². The fourth-order valence-electron chi connectivity index (χ4n) is 12.1. The minimum absolute atomic E-state index is 0.249. The fraction of sp³-hybridized carbons (Fsp3) is 0.932. The van der Waals surface area contributed by atoms with Gasteiger partial charge in [0.2, 0.25) is 5.91 Å². The molecule has 1 amide bonds. The molecule has 9 atom stereocenters. The summed E-state index contributed by atoms with van der Waals surface area (Å²) >= 11 is 0. The van der Waals surface area contributed by atoms with Crippen LogP contribution < -0.4 is 5.32 Å². The molecule has 0 bridgehead atoms. The zero-order valence-corrected chi connectivity index (χ0v) is 55.2. The van der Waals surface area contributed by atoms with Gasteiger partial charge in [0.15, 0.2) is 6.29 Å². The van der Waals surface area contributed by atoms with Crippen molar-refractivity contribution in [2.75, 3.05) is 13.2 Å². The number of hydrogen-bond acceptors (Lipinski definition) is 10. The third kappa shape index (κ3) is 48.5. The molecule has 9 unspecified atom stereocenters. The second-order valence-electron chi connectivity index (χ2n) is 26.0. The summed E-state index contributed by atoms with van der Waals surface area (Å²) < 4.78 is 11.2. The first kappa shape index (κ1) is 80.6. The molecule has 0 aromatic heterocycles. The Morgan fingerprint density at radius 2 is 0.714 bits per heavy atom. The van der Waals surface area contributed by atoms with E-state index >= 15 is 0 Å². The monoisotopic (exact) mass is 1190 g/mol. The lowest BCUT2D eigenvalue weighted by atomic mass is 9.98. The summed E-state index contributed by atoms with van der Waals surface area (Å²) in [5.74, 6) is -0.702. The Kier molecular flexibility index (Phi) is 59.3. The van der Waals surface area contributed by atoms with Crippen LogP contribution in [-0.4, -0.2) is 110 Å². The molecule has 8 N–H and O–H groups in total. The number of rotatable bonds is 65. The molecule has 0 aromatic rings. The zero-order chi connectivity index (χ0) is 61.0. The van der Waals surface area contributed by atoms with Crippen LogP contribution in [0.4, 0.5) is 0 Å². The van der Waals surface area contributed by atoms with Gasteiger partial charge in [0.05, 0.1) is 25.4 Å². The molecule has 11 heteroatoms. The van der Waals surface area contributed by atoms with Crippen LogP contribution in [0.3, 0.4) is 0 Å². The van der Waals surface area contributed by atoms with Crippen molar-refractivity contribution in [2.45, 2.75) is 422 Å². The number of amides is 1. The van der Waals surface area contributed by atoms with Crippen LogP contribution in [0.5, 0.6) is 0 Å².